The molecule has 11 heteroatoms. The maximum Gasteiger partial charge on any atom is 0.239 e. The number of rotatable bonds is 13. The molecule has 0 aliphatic carbocycles. The van der Waals surface area contributed by atoms with Crippen LogP contribution < -0.4 is 33.6 Å². The molecule has 0 saturated carbocycles. The molecule has 25 heavy (non-hydrogen) atoms. The number of hydrogen-bond acceptors (Lipinski definition) is 6. The molecule has 11 nitrogen and oxygen atoms in total. The van der Waals surface area contributed by atoms with Crippen LogP contribution in [0.2, 0.25) is 0 Å². The van der Waals surface area contributed by atoms with E-state index in [1.807, 2.05) is 0 Å². The molecule has 2 atom stereocenters. The van der Waals surface area contributed by atoms with Gasteiger partial charge in [0, 0.05) is 13.0 Å². The average Bonchev–Trinajstić information content (AvgIpc) is 2.54. The van der Waals surface area contributed by atoms with Crippen molar-refractivity contribution < 1.29 is 14.4 Å². The van der Waals surface area contributed by atoms with E-state index in [-0.39, 0.29) is 18.3 Å². The monoisotopic (exact) mass is 356 g/mol. The first-order chi connectivity index (χ1) is 11.8. The summed E-state index contributed by atoms with van der Waals surface area (Å²) in [5.74, 6) is -0.972. The van der Waals surface area contributed by atoms with E-state index in [2.05, 4.69) is 15.6 Å². The molecule has 0 rings (SSSR count). The lowest BCUT2D eigenvalue weighted by atomic mass is 10.1. The van der Waals surface area contributed by atoms with Crippen LogP contribution in [0, 0.1) is 5.41 Å². The Kier molecular flexibility index (Phi) is 11.3. The minimum atomic E-state index is -0.778. The predicted octanol–water partition coefficient (Wildman–Crippen LogP) is -2.73. The largest absolute Gasteiger partial charge is 0.388 e. The summed E-state index contributed by atoms with van der Waals surface area (Å²) in [4.78, 5) is 38.2. The van der Waals surface area contributed by atoms with Gasteiger partial charge < -0.3 is 38.4 Å². The first kappa shape index (κ1) is 22.3. The van der Waals surface area contributed by atoms with Crippen LogP contribution in [0.15, 0.2) is 4.99 Å². The fourth-order valence-electron chi connectivity index (χ4n) is 1.89. The van der Waals surface area contributed by atoms with E-state index in [1.165, 1.54) is 0 Å². The van der Waals surface area contributed by atoms with E-state index in [1.54, 1.807) is 0 Å². The molecule has 11 N–H and O–H groups in total. The highest BCUT2D eigenvalue weighted by Crippen LogP contribution is 1.99. The van der Waals surface area contributed by atoms with Gasteiger partial charge in [0.05, 0.1) is 24.5 Å². The van der Waals surface area contributed by atoms with Crippen LogP contribution in [0.25, 0.3) is 0 Å². The van der Waals surface area contributed by atoms with Crippen LogP contribution in [0.5, 0.6) is 0 Å². The molecule has 0 fully saturated rings. The number of nitrogens with two attached hydrogens (primary N) is 4. The lowest BCUT2D eigenvalue weighted by molar-refractivity contribution is -0.127. The summed E-state index contributed by atoms with van der Waals surface area (Å²) < 4.78 is 0. The molecule has 142 valence electrons. The molecule has 0 heterocycles. The van der Waals surface area contributed by atoms with E-state index in [4.69, 9.17) is 28.3 Å². The van der Waals surface area contributed by atoms with Gasteiger partial charge in [0.1, 0.15) is 6.29 Å². The Morgan fingerprint density at radius 2 is 1.84 bits per heavy atom. The number of guanidine groups is 1. The third kappa shape index (κ3) is 12.4. The minimum Gasteiger partial charge on any atom is -0.388 e. The van der Waals surface area contributed by atoms with Gasteiger partial charge in [-0.15, -0.1) is 0 Å². The zero-order valence-corrected chi connectivity index (χ0v) is 14.2. The fraction of sp³-hybridized carbons (Fsp3) is 0.643. The Morgan fingerprint density at radius 1 is 1.16 bits per heavy atom. The van der Waals surface area contributed by atoms with Gasteiger partial charge in [0.15, 0.2) is 5.96 Å². The van der Waals surface area contributed by atoms with Crippen LogP contribution in [0.1, 0.15) is 32.1 Å². The van der Waals surface area contributed by atoms with E-state index in [9.17, 15) is 14.4 Å². The van der Waals surface area contributed by atoms with Crippen molar-refractivity contribution in [1.82, 2.24) is 10.6 Å². The van der Waals surface area contributed by atoms with Crippen molar-refractivity contribution >= 4 is 29.9 Å². The van der Waals surface area contributed by atoms with Crippen LogP contribution >= 0.6 is 0 Å². The van der Waals surface area contributed by atoms with Crippen molar-refractivity contribution in [3.05, 3.63) is 0 Å². The number of aliphatic imine (C=N–C) groups is 1. The van der Waals surface area contributed by atoms with E-state index in [0.29, 0.717) is 44.9 Å². The average molecular weight is 356 g/mol. The summed E-state index contributed by atoms with van der Waals surface area (Å²) in [6.07, 6.45) is 2.73. The molecule has 0 saturated heterocycles. The number of carbonyl (C=O) groups excluding carboxylic acids is 3. The summed E-state index contributed by atoms with van der Waals surface area (Å²) in [6.45, 7) is 0.0859. The smallest absolute Gasteiger partial charge is 0.239 e. The first-order valence-electron chi connectivity index (χ1n) is 7.92. The Balaban J connectivity index is 4.04. The molecule has 2 amide bonds. The summed E-state index contributed by atoms with van der Waals surface area (Å²) in [5, 5.41) is 12.0. The molecule has 0 aromatic heterocycles. The standard InChI is InChI=1S/C14H28N8O3/c15-10(4-2-6-20-14(18)19)13(25)21-7-12(24)22-9(8-23)3-1-5-11(16)17/h8-10H,1-7,15H2,(H3,16,17)(H,21,25)(H,22,24)(H4,18,19,20)/t9-,10+/m0/s1. The highest BCUT2D eigenvalue weighted by atomic mass is 16.2. The SMILES string of the molecule is N=C(N)CCC[C@@H](C=O)NC(=O)CNC(=O)[C@H](N)CCCN=C(N)N. The molecule has 0 spiro atoms. The molecule has 0 aliphatic heterocycles. The van der Waals surface area contributed by atoms with Crippen molar-refractivity contribution in [3.63, 3.8) is 0 Å². The summed E-state index contributed by atoms with van der Waals surface area (Å²) in [6, 6.07) is -1.46. The zero-order valence-electron chi connectivity index (χ0n) is 14.2. The van der Waals surface area contributed by atoms with Crippen molar-refractivity contribution in [2.24, 2.45) is 27.9 Å². The summed E-state index contributed by atoms with van der Waals surface area (Å²) in [5.41, 5.74) is 21.3. The molecule has 0 bridgehead atoms. The number of amidine groups is 1. The number of amides is 2. The van der Waals surface area contributed by atoms with Gasteiger partial charge >= 0.3 is 0 Å². The number of nitrogens with zero attached hydrogens (tertiary/aromatic N) is 1. The quantitative estimate of drug-likeness (QED) is 0.0799. The minimum absolute atomic E-state index is 0.0251. The molecule has 0 radical (unpaired) electrons. The van der Waals surface area contributed by atoms with Gasteiger partial charge in [-0.25, -0.2) is 0 Å². The molecule has 0 aromatic carbocycles. The summed E-state index contributed by atoms with van der Waals surface area (Å²) in [7, 11) is 0. The maximum absolute atomic E-state index is 11.8. The highest BCUT2D eigenvalue weighted by Gasteiger charge is 2.16. The van der Waals surface area contributed by atoms with Crippen LogP contribution in [0.3, 0.4) is 0 Å². The number of nitrogens with one attached hydrogen (secondary N) is 3. The van der Waals surface area contributed by atoms with Crippen molar-refractivity contribution in [2.75, 3.05) is 13.1 Å². The van der Waals surface area contributed by atoms with E-state index in [0.717, 1.165) is 0 Å². The Morgan fingerprint density at radius 3 is 2.40 bits per heavy atom. The second-order valence-corrected chi connectivity index (χ2v) is 5.50. The van der Waals surface area contributed by atoms with Gasteiger partial charge in [0.25, 0.3) is 0 Å². The molecular weight excluding hydrogens is 328 g/mol. The lowest BCUT2D eigenvalue weighted by Gasteiger charge is -2.14. The van der Waals surface area contributed by atoms with Crippen molar-refractivity contribution in [2.45, 2.75) is 44.2 Å². The van der Waals surface area contributed by atoms with Gasteiger partial charge in [-0.3, -0.25) is 20.0 Å². The lowest BCUT2D eigenvalue weighted by Crippen LogP contribution is -2.47. The van der Waals surface area contributed by atoms with Crippen molar-refractivity contribution in [1.29, 1.82) is 5.41 Å². The number of hydrogen-bond donors (Lipinski definition) is 7. The van der Waals surface area contributed by atoms with E-state index < -0.39 is 23.9 Å². The summed E-state index contributed by atoms with van der Waals surface area (Å²) >= 11 is 0. The van der Waals surface area contributed by atoms with Crippen molar-refractivity contribution in [3.8, 4) is 0 Å². The number of aldehydes is 1. The first-order valence-corrected chi connectivity index (χ1v) is 7.92. The normalized spacial score (nSPS) is 12.5. The number of carbonyl (C=O) groups is 3. The van der Waals surface area contributed by atoms with Gasteiger partial charge in [-0.2, -0.15) is 0 Å². The van der Waals surface area contributed by atoms with Gasteiger partial charge in [0.2, 0.25) is 11.8 Å². The van der Waals surface area contributed by atoms with E-state index >= 15 is 0 Å². The third-order valence-electron chi connectivity index (χ3n) is 3.20. The van der Waals surface area contributed by atoms with Gasteiger partial charge in [-0.1, -0.05) is 0 Å². The van der Waals surface area contributed by atoms with Crippen LogP contribution in [0.4, 0.5) is 0 Å². The Bertz CT molecular complexity index is 490. The molecular formula is C14H28N8O3. The third-order valence-corrected chi connectivity index (χ3v) is 3.20. The molecule has 0 aliphatic rings. The van der Waals surface area contributed by atoms with Crippen LogP contribution in [-0.2, 0) is 14.4 Å². The molecule has 0 aromatic rings. The second-order valence-electron chi connectivity index (χ2n) is 5.50. The van der Waals surface area contributed by atoms with Crippen LogP contribution in [-0.4, -0.2) is 55.1 Å². The zero-order chi connectivity index (χ0) is 19.2. The Hall–Kier alpha value is -2.69. The fourth-order valence-corrected chi connectivity index (χ4v) is 1.89. The second kappa shape index (κ2) is 12.7. The van der Waals surface area contributed by atoms with Gasteiger partial charge in [-0.05, 0) is 25.7 Å². The topological polar surface area (TPSA) is 216 Å². The highest BCUT2D eigenvalue weighted by molar-refractivity contribution is 5.88. The molecule has 0 unspecified atom stereocenters. The predicted molar refractivity (Wildman–Crippen MR) is 94.7 cm³/mol. The Labute approximate surface area is 146 Å². The maximum atomic E-state index is 11.8.